The summed E-state index contributed by atoms with van der Waals surface area (Å²) in [4.78, 5) is 16.0. The minimum absolute atomic E-state index is 0.248. The van der Waals surface area contributed by atoms with Crippen molar-refractivity contribution in [3.63, 3.8) is 0 Å². The Kier molecular flexibility index (Phi) is 5.39. The number of hydrogen-bond donors (Lipinski definition) is 0. The van der Waals surface area contributed by atoms with Gasteiger partial charge in [0, 0.05) is 18.8 Å². The van der Waals surface area contributed by atoms with E-state index in [9.17, 15) is 4.79 Å². The lowest BCUT2D eigenvalue weighted by Gasteiger charge is -2.25. The molecule has 1 aliphatic heterocycles. The molecule has 1 heterocycles. The summed E-state index contributed by atoms with van der Waals surface area (Å²) in [6.45, 7) is 2.38. The standard InChI is InChI=1S/C21H24N2O2S2/c1-22-10-11-23(16-6-4-3-5-7-16)17-12-20(26-2)18(13-19(17)27-22)25-15-21(14-24)8-9-21/h3-7,12-14H,8-11,15H2,1-2H3. The minimum atomic E-state index is -0.248. The van der Waals surface area contributed by atoms with Crippen LogP contribution in [0.25, 0.3) is 0 Å². The van der Waals surface area contributed by atoms with Crippen LogP contribution in [0.4, 0.5) is 11.4 Å². The van der Waals surface area contributed by atoms with E-state index in [4.69, 9.17) is 4.74 Å². The van der Waals surface area contributed by atoms with Crippen LogP contribution in [0, 0.1) is 5.41 Å². The molecular formula is C21H24N2O2S2. The Morgan fingerprint density at radius 2 is 2.00 bits per heavy atom. The van der Waals surface area contributed by atoms with Crippen LogP contribution in [0.15, 0.2) is 52.3 Å². The molecule has 2 aliphatic rings. The first-order chi connectivity index (χ1) is 13.1. The molecule has 27 heavy (non-hydrogen) atoms. The fraction of sp³-hybridized carbons (Fsp3) is 0.381. The third-order valence-corrected chi connectivity index (χ3v) is 6.93. The molecular weight excluding hydrogens is 376 g/mol. The first-order valence-corrected chi connectivity index (χ1v) is 11.2. The van der Waals surface area contributed by atoms with Crippen molar-refractivity contribution in [2.24, 2.45) is 5.41 Å². The number of nitrogens with zero attached hydrogens (tertiary/aromatic N) is 2. The second-order valence-electron chi connectivity index (χ2n) is 7.17. The molecule has 0 atom stereocenters. The third-order valence-electron chi connectivity index (χ3n) is 5.15. The summed E-state index contributed by atoms with van der Waals surface area (Å²) in [6.07, 6.45) is 5.02. The van der Waals surface area contributed by atoms with E-state index >= 15 is 0 Å². The van der Waals surface area contributed by atoms with Gasteiger partial charge in [-0.1, -0.05) is 18.2 Å². The van der Waals surface area contributed by atoms with Gasteiger partial charge >= 0.3 is 0 Å². The van der Waals surface area contributed by atoms with Crippen molar-refractivity contribution in [3.8, 4) is 5.75 Å². The summed E-state index contributed by atoms with van der Waals surface area (Å²) in [6, 6.07) is 14.9. The van der Waals surface area contributed by atoms with Crippen molar-refractivity contribution in [2.75, 3.05) is 37.9 Å². The number of ether oxygens (including phenoxy) is 1. The normalized spacial score (nSPS) is 18.5. The van der Waals surface area contributed by atoms with Crippen molar-refractivity contribution in [3.05, 3.63) is 42.5 Å². The van der Waals surface area contributed by atoms with E-state index in [1.165, 1.54) is 16.3 Å². The maximum absolute atomic E-state index is 11.3. The lowest BCUT2D eigenvalue weighted by atomic mass is 10.1. The minimum Gasteiger partial charge on any atom is -0.491 e. The van der Waals surface area contributed by atoms with Crippen LogP contribution in [0.3, 0.4) is 0 Å². The summed E-state index contributed by atoms with van der Waals surface area (Å²) in [5.41, 5.74) is 2.17. The van der Waals surface area contributed by atoms with Crippen LogP contribution in [0.5, 0.6) is 5.75 Å². The molecule has 0 unspecified atom stereocenters. The number of aldehydes is 1. The Morgan fingerprint density at radius 1 is 1.22 bits per heavy atom. The van der Waals surface area contributed by atoms with Crippen molar-refractivity contribution in [1.29, 1.82) is 0 Å². The topological polar surface area (TPSA) is 32.8 Å². The molecule has 1 saturated carbocycles. The molecule has 0 spiro atoms. The van der Waals surface area contributed by atoms with Gasteiger partial charge in [0.1, 0.15) is 18.6 Å². The Morgan fingerprint density at radius 3 is 2.67 bits per heavy atom. The lowest BCUT2D eigenvalue weighted by Crippen LogP contribution is -2.24. The van der Waals surface area contributed by atoms with E-state index in [1.807, 2.05) is 6.07 Å². The van der Waals surface area contributed by atoms with E-state index in [2.05, 4.69) is 58.9 Å². The van der Waals surface area contributed by atoms with Crippen molar-refractivity contribution >= 4 is 41.4 Å². The molecule has 2 aromatic carbocycles. The SMILES string of the molecule is CSc1cc2c(cc1OCC1(C=O)CC1)SN(C)CCN2c1ccccc1. The molecule has 0 aromatic heterocycles. The largest absolute Gasteiger partial charge is 0.491 e. The molecule has 1 fully saturated rings. The van der Waals surface area contributed by atoms with Gasteiger partial charge in [-0.25, -0.2) is 4.31 Å². The van der Waals surface area contributed by atoms with Gasteiger partial charge in [0.05, 0.1) is 20.9 Å². The number of fused-ring (bicyclic) bond motifs is 1. The fourth-order valence-electron chi connectivity index (χ4n) is 3.22. The predicted octanol–water partition coefficient (Wildman–Crippen LogP) is 4.86. The number of anilines is 2. The van der Waals surface area contributed by atoms with E-state index in [1.54, 1.807) is 23.7 Å². The number of rotatable bonds is 6. The average Bonchev–Trinajstić information content (AvgIpc) is 3.50. The van der Waals surface area contributed by atoms with Crippen LogP contribution in [0.1, 0.15) is 12.8 Å². The van der Waals surface area contributed by atoms with E-state index in [-0.39, 0.29) is 5.41 Å². The number of hydrogen-bond acceptors (Lipinski definition) is 6. The molecule has 0 N–H and O–H groups in total. The molecule has 142 valence electrons. The van der Waals surface area contributed by atoms with Gasteiger partial charge < -0.3 is 14.4 Å². The van der Waals surface area contributed by atoms with Gasteiger partial charge in [0.2, 0.25) is 0 Å². The highest BCUT2D eigenvalue weighted by Gasteiger charge is 2.43. The first-order valence-electron chi connectivity index (χ1n) is 9.17. The molecule has 0 radical (unpaired) electrons. The van der Waals surface area contributed by atoms with Gasteiger partial charge in [-0.05, 0) is 62.4 Å². The predicted molar refractivity (Wildman–Crippen MR) is 113 cm³/mol. The summed E-state index contributed by atoms with van der Waals surface area (Å²) >= 11 is 3.44. The summed E-state index contributed by atoms with van der Waals surface area (Å²) in [7, 11) is 2.12. The summed E-state index contributed by atoms with van der Waals surface area (Å²) < 4.78 is 8.39. The van der Waals surface area contributed by atoms with Crippen LogP contribution >= 0.6 is 23.7 Å². The highest BCUT2D eigenvalue weighted by molar-refractivity contribution is 7.98. The van der Waals surface area contributed by atoms with Gasteiger partial charge in [-0.15, -0.1) is 11.8 Å². The van der Waals surface area contributed by atoms with Crippen LogP contribution in [-0.2, 0) is 4.79 Å². The average molecular weight is 401 g/mol. The molecule has 1 aliphatic carbocycles. The Bertz CT molecular complexity index is 824. The van der Waals surface area contributed by atoms with Gasteiger partial charge in [-0.2, -0.15) is 0 Å². The molecule has 0 amide bonds. The van der Waals surface area contributed by atoms with Crippen molar-refractivity contribution in [1.82, 2.24) is 4.31 Å². The van der Waals surface area contributed by atoms with Crippen LogP contribution in [-0.4, -0.2) is 43.6 Å². The Labute approximate surface area is 169 Å². The lowest BCUT2D eigenvalue weighted by molar-refractivity contribution is -0.113. The highest BCUT2D eigenvalue weighted by atomic mass is 32.2. The Balaban J connectivity index is 1.70. The van der Waals surface area contributed by atoms with Gasteiger partial charge in [0.15, 0.2) is 0 Å². The molecule has 6 heteroatoms. The van der Waals surface area contributed by atoms with E-state index < -0.39 is 0 Å². The fourth-order valence-corrected chi connectivity index (χ4v) is 4.70. The number of likely N-dealkylation sites (N-methyl/N-ethyl adjacent to an activating group) is 1. The number of carbonyl (C=O) groups is 1. The van der Waals surface area contributed by atoms with Crippen molar-refractivity contribution < 1.29 is 9.53 Å². The summed E-state index contributed by atoms with van der Waals surface area (Å²) in [5.74, 6) is 0.880. The maximum atomic E-state index is 11.3. The summed E-state index contributed by atoms with van der Waals surface area (Å²) in [5, 5.41) is 0. The van der Waals surface area contributed by atoms with Gasteiger partial charge in [0.25, 0.3) is 0 Å². The molecule has 4 nitrogen and oxygen atoms in total. The molecule has 2 aromatic rings. The molecule has 4 rings (SSSR count). The van der Waals surface area contributed by atoms with Gasteiger partial charge in [-0.3, -0.25) is 0 Å². The molecule has 0 saturated heterocycles. The smallest absolute Gasteiger partial charge is 0.134 e. The third kappa shape index (κ3) is 3.98. The number of para-hydroxylation sites is 1. The zero-order chi connectivity index (χ0) is 18.9. The van der Waals surface area contributed by atoms with E-state index in [0.29, 0.717) is 6.61 Å². The number of benzene rings is 2. The maximum Gasteiger partial charge on any atom is 0.134 e. The zero-order valence-corrected chi connectivity index (χ0v) is 17.3. The monoisotopic (exact) mass is 400 g/mol. The second-order valence-corrected chi connectivity index (χ2v) is 9.26. The van der Waals surface area contributed by atoms with Crippen LogP contribution < -0.4 is 9.64 Å². The van der Waals surface area contributed by atoms with Crippen LogP contribution in [0.2, 0.25) is 0 Å². The first kappa shape index (κ1) is 18.7. The van der Waals surface area contributed by atoms with Crippen molar-refractivity contribution in [2.45, 2.75) is 22.6 Å². The zero-order valence-electron chi connectivity index (χ0n) is 15.7. The number of thioether (sulfide) groups is 1. The highest BCUT2D eigenvalue weighted by Crippen LogP contribution is 2.47. The number of carbonyl (C=O) groups excluding carboxylic acids is 1. The Hall–Kier alpha value is -1.63. The quantitative estimate of drug-likeness (QED) is 0.391. The van der Waals surface area contributed by atoms with E-state index in [0.717, 1.165) is 42.9 Å². The molecule has 0 bridgehead atoms. The second kappa shape index (κ2) is 7.78.